The van der Waals surface area contributed by atoms with Crippen LogP contribution in [0.25, 0.3) is 17.0 Å². The number of ketones is 3. The molecular formula is C84H95N9O16. The quantitative estimate of drug-likeness (QED) is 0.0194. The van der Waals surface area contributed by atoms with Crippen LogP contribution in [-0.2, 0) is 59.5 Å². The minimum absolute atomic E-state index is 0.0360. The van der Waals surface area contributed by atoms with E-state index in [1.807, 2.05) is 65.7 Å². The molecule has 12 rings (SSSR count). The van der Waals surface area contributed by atoms with Crippen molar-refractivity contribution in [3.63, 3.8) is 0 Å². The van der Waals surface area contributed by atoms with E-state index < -0.39 is 47.9 Å². The number of unbranched alkanes of at least 4 members (excludes halogenated alkanes) is 2. The van der Waals surface area contributed by atoms with Crippen LogP contribution in [0.5, 0.6) is 28.7 Å². The Morgan fingerprint density at radius 1 is 0.697 bits per heavy atom. The van der Waals surface area contributed by atoms with E-state index >= 15 is 0 Å². The topological polar surface area (TPSA) is 314 Å². The Morgan fingerprint density at radius 3 is 2.05 bits per heavy atom. The molecule has 6 aliphatic rings. The average Bonchev–Trinajstić information content (AvgIpc) is 1.58. The fraction of sp³-hybridized carbons (Fsp3) is 0.417. The fourth-order valence-corrected chi connectivity index (χ4v) is 15.3. The molecule has 1 spiro atoms. The molecule has 2 fully saturated rings. The van der Waals surface area contributed by atoms with Crippen molar-refractivity contribution in [1.82, 2.24) is 25.8 Å². The predicted octanol–water partition coefficient (Wildman–Crippen LogP) is 11.7. The van der Waals surface area contributed by atoms with Gasteiger partial charge in [-0.25, -0.2) is 15.2 Å². The molecule has 572 valence electrons. The Hall–Kier alpha value is -11.2. The van der Waals surface area contributed by atoms with Gasteiger partial charge in [0.05, 0.1) is 82.4 Å². The van der Waals surface area contributed by atoms with Gasteiger partial charge in [-0.05, 0) is 146 Å². The normalized spacial score (nSPS) is 18.5. The van der Waals surface area contributed by atoms with E-state index in [-0.39, 0.29) is 134 Å². The van der Waals surface area contributed by atoms with Crippen LogP contribution in [0, 0.1) is 22.8 Å². The lowest BCUT2D eigenvalue weighted by Crippen LogP contribution is -2.50. The van der Waals surface area contributed by atoms with Crippen molar-refractivity contribution in [2.24, 2.45) is 22.4 Å². The van der Waals surface area contributed by atoms with E-state index in [1.54, 1.807) is 119 Å². The zero-order valence-corrected chi connectivity index (χ0v) is 62.7. The van der Waals surface area contributed by atoms with Crippen LogP contribution in [-0.4, -0.2) is 147 Å². The number of nitrogens with one attached hydrogen (secondary N) is 4. The largest absolute Gasteiger partial charge is 0.497 e. The minimum Gasteiger partial charge on any atom is -0.497 e. The molecule has 5 N–H and O–H groups in total. The van der Waals surface area contributed by atoms with E-state index in [0.29, 0.717) is 96.1 Å². The second-order valence-corrected chi connectivity index (χ2v) is 29.3. The maximum absolute atomic E-state index is 14.5. The van der Waals surface area contributed by atoms with Gasteiger partial charge in [0.1, 0.15) is 23.8 Å². The molecule has 1 saturated heterocycles. The third-order valence-electron chi connectivity index (χ3n) is 21.7. The number of aliphatic hydroxyl groups excluding tert-OH is 1. The first-order valence-corrected chi connectivity index (χ1v) is 37.4. The Kier molecular flexibility index (Phi) is 24.4. The van der Waals surface area contributed by atoms with Crippen LogP contribution >= 0.6 is 0 Å². The molecule has 1 saturated carbocycles. The molecule has 0 aromatic heterocycles. The second-order valence-electron chi connectivity index (χ2n) is 29.3. The molecular weight excluding hydrogens is 1390 g/mol. The maximum atomic E-state index is 14.5. The number of hydrogen-bond donors (Lipinski definition) is 5. The van der Waals surface area contributed by atoms with Gasteiger partial charge in [-0.3, -0.25) is 38.4 Å². The van der Waals surface area contributed by atoms with E-state index in [9.17, 15) is 48.3 Å². The van der Waals surface area contributed by atoms with Crippen LogP contribution in [0.2, 0.25) is 0 Å². The fourth-order valence-electron chi connectivity index (χ4n) is 15.3. The van der Waals surface area contributed by atoms with Crippen LogP contribution < -0.4 is 49.4 Å². The number of aryl methyl sites for hydroxylation is 1. The first-order chi connectivity index (χ1) is 52.6. The molecule has 1 aliphatic carbocycles. The van der Waals surface area contributed by atoms with Crippen LogP contribution in [0.4, 0.5) is 16.2 Å². The zero-order valence-electron chi connectivity index (χ0n) is 62.7. The number of rotatable bonds is 32. The summed E-state index contributed by atoms with van der Waals surface area (Å²) in [6, 6.07) is 34.6. The highest BCUT2D eigenvalue weighted by Gasteiger charge is 2.58. The number of nitrogens with zero attached hydrogens (tertiary/aromatic N) is 5. The van der Waals surface area contributed by atoms with Crippen molar-refractivity contribution in [3.8, 4) is 28.7 Å². The molecule has 5 atom stereocenters. The number of hydrogen-bond acceptors (Lipinski definition) is 19. The standard InChI is InChI=1S/C84H95N9O16/c1-50(2)64(40-60(95)45-87-75(97)31-27-59(94)28-32-76(98)91-46-56-15-9-10-16-62(56)77(86-4)78(89-85)63-17-11-12-18-67(63)91)79(99)88-51(3)70(96)37-52-19-21-53(22-20-52)48-109-83(103)93-68-43-74(72(106-7)42-66(68)81(101)92-49-84(33-34-84)44-69(92)82(93)102)108-36-14-8-13-35-107-73-39-55-23-26-58-38-57(54-24-29-61(104-5)30-25-54)47-90(58)80(100)65(55)41-71(73)105-6/h9-12,15-22,24-25,29-30,39,41-43,47,50-51,58,64,69,82,85-86,102H,8,13-14,23,26-28,31-38,40,44-46,48-49H2,1-7H3,(H,87,97)(H,88,99)/b78-77-,89-85?/t51-,58+,64-,69-,82-/m0/s1. The number of benzene rings is 6. The lowest BCUT2D eigenvalue weighted by molar-refractivity contribution is -0.133. The van der Waals surface area contributed by atoms with Gasteiger partial charge in [-0.2, -0.15) is 5.11 Å². The number of fused-ring (bicyclic) bond motifs is 6. The number of carbonyl (C=O) groups is 9. The zero-order chi connectivity index (χ0) is 77.2. The van der Waals surface area contributed by atoms with Gasteiger partial charge in [-0.15, -0.1) is 0 Å². The van der Waals surface area contributed by atoms with Gasteiger partial charge in [0.2, 0.25) is 17.7 Å². The summed E-state index contributed by atoms with van der Waals surface area (Å²) in [5, 5.41) is 24.6. The Labute approximate surface area is 634 Å². The number of methoxy groups -OCH3 is 3. The number of aliphatic hydroxyl groups is 1. The lowest BCUT2D eigenvalue weighted by Gasteiger charge is -2.31. The van der Waals surface area contributed by atoms with Crippen molar-refractivity contribution >= 4 is 81.3 Å². The number of carbonyl (C=O) groups excluding carboxylic acids is 9. The minimum atomic E-state index is -1.46. The van der Waals surface area contributed by atoms with Gasteiger partial charge < -0.3 is 64.2 Å². The molecule has 6 amide bonds. The monoisotopic (exact) mass is 1490 g/mol. The number of amides is 6. The van der Waals surface area contributed by atoms with Gasteiger partial charge in [-0.1, -0.05) is 92.7 Å². The van der Waals surface area contributed by atoms with Gasteiger partial charge in [0.25, 0.3) is 11.8 Å². The highest BCUT2D eigenvalue weighted by atomic mass is 16.6. The van der Waals surface area contributed by atoms with Crippen molar-refractivity contribution in [3.05, 3.63) is 178 Å². The first kappa shape index (κ1) is 77.4. The van der Waals surface area contributed by atoms with Crippen molar-refractivity contribution < 1.29 is 76.7 Å². The van der Waals surface area contributed by atoms with Crippen molar-refractivity contribution in [2.75, 3.05) is 64.5 Å². The Bertz CT molecular complexity index is 4550. The second kappa shape index (κ2) is 34.4. The first-order valence-electron chi connectivity index (χ1n) is 37.4. The molecule has 25 nitrogen and oxygen atoms in total. The molecule has 25 heteroatoms. The molecule has 0 radical (unpaired) electrons. The highest BCUT2D eigenvalue weighted by molar-refractivity contribution is 6.07. The average molecular weight is 1490 g/mol. The number of anilines is 2. The summed E-state index contributed by atoms with van der Waals surface area (Å²) in [6.07, 6.45) is 5.25. The molecule has 6 aromatic carbocycles. The maximum Gasteiger partial charge on any atom is 0.416 e. The molecule has 6 aromatic rings. The van der Waals surface area contributed by atoms with Crippen LogP contribution in [0.3, 0.4) is 0 Å². The Balaban J connectivity index is 0.591. The number of para-hydroxylation sites is 1. The van der Waals surface area contributed by atoms with Gasteiger partial charge >= 0.3 is 6.09 Å². The summed E-state index contributed by atoms with van der Waals surface area (Å²) in [4.78, 5) is 130. The summed E-state index contributed by atoms with van der Waals surface area (Å²) in [5.74, 6) is -1.63. The summed E-state index contributed by atoms with van der Waals surface area (Å²) >= 11 is 0. The molecule has 0 unspecified atom stereocenters. The summed E-state index contributed by atoms with van der Waals surface area (Å²) in [5.41, 5.74) is 16.8. The summed E-state index contributed by atoms with van der Waals surface area (Å²) in [6.45, 7) is 5.78. The molecule has 5 aliphatic heterocycles. The molecule has 5 heterocycles. The predicted molar refractivity (Wildman–Crippen MR) is 407 cm³/mol. The van der Waals surface area contributed by atoms with Gasteiger partial charge in [0, 0.05) is 93.0 Å². The van der Waals surface area contributed by atoms with E-state index in [1.165, 1.54) is 7.11 Å². The third kappa shape index (κ3) is 17.5. The lowest BCUT2D eigenvalue weighted by atomic mass is 9.89. The smallest absolute Gasteiger partial charge is 0.416 e. The summed E-state index contributed by atoms with van der Waals surface area (Å²) < 4.78 is 35.4. The highest BCUT2D eigenvalue weighted by Crippen LogP contribution is 2.57. The van der Waals surface area contributed by atoms with E-state index in [4.69, 9.17) is 34.0 Å². The summed E-state index contributed by atoms with van der Waals surface area (Å²) in [7, 11) is 6.42. The Morgan fingerprint density at radius 2 is 1.37 bits per heavy atom. The van der Waals surface area contributed by atoms with Crippen molar-refractivity contribution in [2.45, 2.75) is 155 Å². The number of ether oxygens (including phenoxy) is 6. The molecule has 0 bridgehead atoms. The molecule has 109 heavy (non-hydrogen) atoms. The third-order valence-corrected chi connectivity index (χ3v) is 21.7. The van der Waals surface area contributed by atoms with Gasteiger partial charge in [0.15, 0.2) is 40.8 Å². The SMILES string of the molecule is CN/C1=C(\N=N)c2ccccc2N(C(=O)CCC(=O)CCC(=O)NCC(=O)C[C@H](C(=O)N[C@@H](C)C(=O)Cc2ccc(COC(=O)N3c4cc(OCCCCCOc5cc6c(cc5OC)C(=O)N5C=C(c7ccc(OC)cc7)C[C@H]5CC6)c(OC)cc4C(=O)N4CC5(CC5)C[C@H]4[C@@H]3O)cc2)C(C)C)Cc2ccccc21. The van der Waals surface area contributed by atoms with E-state index in [0.717, 1.165) is 64.2 Å². The van der Waals surface area contributed by atoms with Crippen molar-refractivity contribution in [1.29, 1.82) is 5.53 Å². The van der Waals surface area contributed by atoms with E-state index in [2.05, 4.69) is 21.1 Å². The van der Waals surface area contributed by atoms with Crippen LogP contribution in [0.15, 0.2) is 133 Å². The van der Waals surface area contributed by atoms with Crippen LogP contribution in [0.1, 0.15) is 164 Å². The number of Topliss-reactive ketones (excluding diaryl/α,β-unsaturated/α-hetero) is 3.